The Labute approximate surface area is 83.9 Å². The van der Waals surface area contributed by atoms with E-state index in [0.717, 1.165) is 0 Å². The molecule has 78 valence electrons. The van der Waals surface area contributed by atoms with Gasteiger partial charge in [0.05, 0.1) is 13.7 Å². The Hall–Kier alpha value is -0.0831. The Morgan fingerprint density at radius 2 is 1.38 bits per heavy atom. The third kappa shape index (κ3) is 4.63. The third-order valence-corrected chi connectivity index (χ3v) is 7.71. The highest BCUT2D eigenvalue weighted by Gasteiger charge is 2.32. The Morgan fingerprint density at radius 3 is 1.62 bits per heavy atom. The molecule has 0 aromatic heterocycles. The van der Waals surface area contributed by atoms with Gasteiger partial charge in [-0.15, -0.1) is 0 Å². The van der Waals surface area contributed by atoms with Crippen molar-refractivity contribution in [3.05, 3.63) is 11.8 Å². The average molecular weight is 200 g/mol. The molecule has 0 rings (SSSR count). The lowest BCUT2D eigenvalue weighted by molar-refractivity contribution is 0.133. The molecule has 0 heterocycles. The van der Waals surface area contributed by atoms with E-state index in [1.165, 1.54) is 0 Å². The van der Waals surface area contributed by atoms with Gasteiger partial charge in [0.15, 0.2) is 0 Å². The van der Waals surface area contributed by atoms with E-state index in [9.17, 15) is 5.11 Å². The molecule has 0 atom stereocenters. The van der Waals surface area contributed by atoms with E-state index >= 15 is 0 Å². The van der Waals surface area contributed by atoms with Gasteiger partial charge in [-0.25, -0.2) is 0 Å². The summed E-state index contributed by atoms with van der Waals surface area (Å²) in [6.45, 7) is 15.1. The lowest BCUT2D eigenvalue weighted by Crippen LogP contribution is -2.35. The van der Waals surface area contributed by atoms with Crippen molar-refractivity contribution in [3.8, 4) is 0 Å². The summed E-state index contributed by atoms with van der Waals surface area (Å²) in [6, 6.07) is 0. The number of hydrogen-bond donors (Lipinski definition) is 1. The molecule has 0 unspecified atom stereocenters. The van der Waals surface area contributed by atoms with Crippen molar-refractivity contribution in [1.82, 2.24) is 0 Å². The summed E-state index contributed by atoms with van der Waals surface area (Å²) < 4.78 is 0. The molecule has 0 aliphatic heterocycles. The largest absolute Gasteiger partial charge is 0.386 e. The molecular weight excluding hydrogens is 176 g/mol. The van der Waals surface area contributed by atoms with Crippen LogP contribution in [0.1, 0.15) is 34.6 Å². The van der Waals surface area contributed by atoms with E-state index in [1.807, 2.05) is 19.9 Å². The topological polar surface area (TPSA) is 20.2 Å². The van der Waals surface area contributed by atoms with Gasteiger partial charge in [-0.1, -0.05) is 45.6 Å². The van der Waals surface area contributed by atoms with Gasteiger partial charge in [-0.05, 0) is 18.9 Å². The van der Waals surface area contributed by atoms with Crippen molar-refractivity contribution < 1.29 is 5.11 Å². The zero-order valence-corrected chi connectivity index (χ0v) is 11.1. The Bertz CT molecular complexity index is 191. The zero-order chi connectivity index (χ0) is 10.9. The SMILES string of the molecule is CC(C)(O)/C=C/[Si](C)(C)C(C)(C)C. The molecule has 2 heteroatoms. The summed E-state index contributed by atoms with van der Waals surface area (Å²) >= 11 is 0. The van der Waals surface area contributed by atoms with Crippen molar-refractivity contribution in [3.63, 3.8) is 0 Å². The molecule has 0 saturated heterocycles. The molecule has 0 bridgehead atoms. The van der Waals surface area contributed by atoms with Gasteiger partial charge in [0.2, 0.25) is 0 Å². The van der Waals surface area contributed by atoms with E-state index in [-0.39, 0.29) is 0 Å². The van der Waals surface area contributed by atoms with Crippen LogP contribution in [-0.2, 0) is 0 Å². The molecule has 13 heavy (non-hydrogen) atoms. The second-order valence-corrected chi connectivity index (χ2v) is 11.2. The van der Waals surface area contributed by atoms with Crippen LogP contribution in [0.3, 0.4) is 0 Å². The lowest BCUT2D eigenvalue weighted by Gasteiger charge is -2.34. The first-order valence-electron chi connectivity index (χ1n) is 4.88. The normalized spacial score (nSPS) is 15.4. The highest BCUT2D eigenvalue weighted by Crippen LogP contribution is 2.36. The lowest BCUT2D eigenvalue weighted by atomic mass is 10.1. The molecule has 1 N–H and O–H groups in total. The minimum Gasteiger partial charge on any atom is -0.386 e. The average Bonchev–Trinajstić information content (AvgIpc) is 1.79. The molecule has 0 fully saturated rings. The minimum absolute atomic E-state index is 0.356. The van der Waals surface area contributed by atoms with Gasteiger partial charge in [-0.2, -0.15) is 0 Å². The van der Waals surface area contributed by atoms with Crippen LogP contribution < -0.4 is 0 Å². The Balaban J connectivity index is 4.62. The first-order chi connectivity index (χ1) is 5.46. The fraction of sp³-hybridized carbons (Fsp3) is 0.818. The van der Waals surface area contributed by atoms with Crippen LogP contribution in [-0.4, -0.2) is 18.8 Å². The van der Waals surface area contributed by atoms with Crippen LogP contribution in [0, 0.1) is 0 Å². The van der Waals surface area contributed by atoms with Gasteiger partial charge in [0.1, 0.15) is 0 Å². The van der Waals surface area contributed by atoms with Crippen LogP contribution in [0.15, 0.2) is 11.8 Å². The summed E-state index contributed by atoms with van der Waals surface area (Å²) in [6.07, 6.45) is 1.93. The third-order valence-electron chi connectivity index (χ3n) is 2.84. The van der Waals surface area contributed by atoms with Crippen LogP contribution in [0.25, 0.3) is 0 Å². The van der Waals surface area contributed by atoms with Crippen molar-refractivity contribution in [2.24, 2.45) is 0 Å². The van der Waals surface area contributed by atoms with Gasteiger partial charge >= 0.3 is 0 Å². The monoisotopic (exact) mass is 200 g/mol. The Morgan fingerprint density at radius 1 is 1.00 bits per heavy atom. The van der Waals surface area contributed by atoms with Gasteiger partial charge < -0.3 is 5.11 Å². The molecule has 1 nitrogen and oxygen atoms in total. The summed E-state index contributed by atoms with van der Waals surface area (Å²) in [7, 11) is -1.36. The molecule has 0 spiro atoms. The van der Waals surface area contributed by atoms with Gasteiger partial charge in [0.25, 0.3) is 0 Å². The summed E-state index contributed by atoms with van der Waals surface area (Å²) in [4.78, 5) is 0. The van der Waals surface area contributed by atoms with Crippen molar-refractivity contribution in [1.29, 1.82) is 0 Å². The smallest absolute Gasteiger partial charge is 0.0768 e. The van der Waals surface area contributed by atoms with Crippen LogP contribution in [0.2, 0.25) is 18.1 Å². The summed E-state index contributed by atoms with van der Waals surface area (Å²) in [5.74, 6) is 0. The van der Waals surface area contributed by atoms with Gasteiger partial charge in [-0.3, -0.25) is 0 Å². The number of hydrogen-bond acceptors (Lipinski definition) is 1. The first kappa shape index (κ1) is 12.9. The van der Waals surface area contributed by atoms with Crippen molar-refractivity contribution in [2.75, 3.05) is 0 Å². The molecular formula is C11H24OSi. The van der Waals surface area contributed by atoms with Crippen molar-refractivity contribution in [2.45, 2.75) is 58.4 Å². The molecule has 0 aliphatic carbocycles. The fourth-order valence-corrected chi connectivity index (χ4v) is 1.99. The maximum atomic E-state index is 9.58. The van der Waals surface area contributed by atoms with Gasteiger partial charge in [0, 0.05) is 0 Å². The molecule has 0 aromatic rings. The summed E-state index contributed by atoms with van der Waals surface area (Å²) in [5, 5.41) is 9.94. The second-order valence-electron chi connectivity index (χ2n) is 5.96. The maximum absolute atomic E-state index is 9.58. The molecule has 0 radical (unpaired) electrons. The standard InChI is InChI=1S/C11H24OSi/c1-10(2,3)13(6,7)9-8-11(4,5)12/h8-9,12H,1-7H3/b9-8+. The quantitative estimate of drug-likeness (QED) is 0.678. The predicted octanol–water partition coefficient (Wildman–Crippen LogP) is 3.36. The van der Waals surface area contributed by atoms with Crippen molar-refractivity contribution >= 4 is 8.07 Å². The minimum atomic E-state index is -1.36. The molecule has 0 aliphatic rings. The predicted molar refractivity (Wildman–Crippen MR) is 62.6 cm³/mol. The van der Waals surface area contributed by atoms with Crippen LogP contribution >= 0.6 is 0 Å². The number of aliphatic hydroxyl groups is 1. The highest BCUT2D eigenvalue weighted by atomic mass is 28.3. The van der Waals surface area contributed by atoms with E-state index in [2.05, 4.69) is 39.6 Å². The maximum Gasteiger partial charge on any atom is 0.0768 e. The van der Waals surface area contributed by atoms with E-state index in [1.54, 1.807) is 0 Å². The van der Waals surface area contributed by atoms with Crippen LogP contribution in [0.5, 0.6) is 0 Å². The van der Waals surface area contributed by atoms with Crippen LogP contribution in [0.4, 0.5) is 0 Å². The van der Waals surface area contributed by atoms with E-state index in [0.29, 0.717) is 5.04 Å². The zero-order valence-electron chi connectivity index (χ0n) is 10.1. The number of rotatable bonds is 2. The molecule has 0 saturated carbocycles. The molecule has 0 amide bonds. The Kier molecular flexibility index (Phi) is 3.56. The first-order valence-corrected chi connectivity index (χ1v) is 7.96. The van der Waals surface area contributed by atoms with E-state index in [4.69, 9.17) is 0 Å². The van der Waals surface area contributed by atoms with E-state index < -0.39 is 13.7 Å². The summed E-state index contributed by atoms with van der Waals surface area (Å²) in [5.41, 5.74) is 1.57. The highest BCUT2D eigenvalue weighted by molar-refractivity contribution is 6.84. The molecule has 0 aromatic carbocycles. The second kappa shape index (κ2) is 3.58. The fourth-order valence-electron chi connectivity index (χ4n) is 0.662.